The van der Waals surface area contributed by atoms with Crippen LogP contribution >= 0.6 is 21.6 Å². The zero-order chi connectivity index (χ0) is 36.6. The highest BCUT2D eigenvalue weighted by atomic mass is 33.1. The Bertz CT molecular complexity index is 1050. The second-order valence-electron chi connectivity index (χ2n) is 11.1. The van der Waals surface area contributed by atoms with Gasteiger partial charge in [-0.3, -0.25) is 38.4 Å². The van der Waals surface area contributed by atoms with Crippen molar-refractivity contribution in [2.45, 2.75) is 75.5 Å². The van der Waals surface area contributed by atoms with E-state index in [1.165, 1.54) is 0 Å². The van der Waals surface area contributed by atoms with E-state index in [0.29, 0.717) is 26.1 Å². The van der Waals surface area contributed by atoms with Gasteiger partial charge in [-0.15, -0.1) is 0 Å². The summed E-state index contributed by atoms with van der Waals surface area (Å²) in [7, 11) is 2.12. The molecule has 0 aromatic carbocycles. The number of carboxylic acid groups (broad SMARTS) is 2. The van der Waals surface area contributed by atoms with Crippen molar-refractivity contribution in [2.24, 2.45) is 11.5 Å². The summed E-state index contributed by atoms with van der Waals surface area (Å²) >= 11 is 0. The van der Waals surface area contributed by atoms with Crippen LogP contribution in [0.15, 0.2) is 0 Å². The van der Waals surface area contributed by atoms with Crippen LogP contribution in [0.4, 0.5) is 0 Å². The Balaban J connectivity index is 2.99. The maximum absolute atomic E-state index is 13.0. The third-order valence-corrected chi connectivity index (χ3v) is 9.33. The normalized spacial score (nSPS) is 21.5. The van der Waals surface area contributed by atoms with Crippen LogP contribution in [-0.2, 0) is 38.4 Å². The van der Waals surface area contributed by atoms with Crippen molar-refractivity contribution in [1.29, 1.82) is 0 Å². The van der Waals surface area contributed by atoms with E-state index < -0.39 is 71.5 Å². The standard InChI is InChI=1S/C28H49N9O10S2/c29-17(27(44)45)5-7-21(38)36-19-15-48-49-16-20(37-22(39)8-6-18(30)28(46)47)26(43)35-14-24(41)33-12-4-10-31-9-2-1-3-11-32-23(40)13-34-25(19)42/h17-20,31H,1-16,29-30H2,(H,32,40)(H,33,41)(H,34,42)(H,35,43)(H,36,38)(H,37,39)(H,44,45)(H,46,47)/t17-,18-,19?,20?/m0/s1. The van der Waals surface area contributed by atoms with Crippen LogP contribution in [0, 0.1) is 0 Å². The van der Waals surface area contributed by atoms with Gasteiger partial charge in [-0.2, -0.15) is 0 Å². The van der Waals surface area contributed by atoms with Crippen molar-refractivity contribution in [3.63, 3.8) is 0 Å². The van der Waals surface area contributed by atoms with Gasteiger partial charge >= 0.3 is 11.9 Å². The van der Waals surface area contributed by atoms with E-state index in [1.807, 2.05) is 0 Å². The van der Waals surface area contributed by atoms with Gasteiger partial charge in [0.15, 0.2) is 0 Å². The van der Waals surface area contributed by atoms with Gasteiger partial charge in [0.25, 0.3) is 0 Å². The molecule has 0 saturated carbocycles. The van der Waals surface area contributed by atoms with Crippen molar-refractivity contribution in [1.82, 2.24) is 37.2 Å². The predicted molar refractivity (Wildman–Crippen MR) is 182 cm³/mol. The zero-order valence-corrected chi connectivity index (χ0v) is 28.9. The molecule has 1 heterocycles. The fraction of sp³-hybridized carbons (Fsp3) is 0.714. The van der Waals surface area contributed by atoms with Crippen molar-refractivity contribution < 1.29 is 48.6 Å². The molecular weight excluding hydrogens is 686 g/mol. The largest absolute Gasteiger partial charge is 0.480 e. The molecule has 6 amide bonds. The molecule has 0 aliphatic carbocycles. The molecule has 1 rings (SSSR count). The molecule has 0 aromatic heterocycles. The molecule has 0 aromatic rings. The molecule has 278 valence electrons. The first-order chi connectivity index (χ1) is 23.3. The number of carbonyl (C=O) groups excluding carboxylic acids is 6. The average molecular weight is 736 g/mol. The van der Waals surface area contributed by atoms with E-state index in [1.54, 1.807) is 0 Å². The molecule has 4 atom stereocenters. The van der Waals surface area contributed by atoms with E-state index in [4.69, 9.17) is 21.7 Å². The molecule has 1 aliphatic rings. The summed E-state index contributed by atoms with van der Waals surface area (Å²) in [5.74, 6) is -6.20. The Morgan fingerprint density at radius 2 is 1.06 bits per heavy atom. The minimum atomic E-state index is -1.29. The maximum Gasteiger partial charge on any atom is 0.320 e. The van der Waals surface area contributed by atoms with Crippen molar-refractivity contribution in [2.75, 3.05) is 50.8 Å². The van der Waals surface area contributed by atoms with Gasteiger partial charge in [0.05, 0.1) is 13.1 Å². The van der Waals surface area contributed by atoms with Gasteiger partial charge in [0, 0.05) is 37.4 Å². The lowest BCUT2D eigenvalue weighted by molar-refractivity contribution is -0.140. The third-order valence-electron chi connectivity index (χ3n) is 6.91. The first-order valence-corrected chi connectivity index (χ1v) is 18.4. The molecule has 21 heteroatoms. The van der Waals surface area contributed by atoms with E-state index in [2.05, 4.69) is 37.2 Å². The highest BCUT2D eigenvalue weighted by Gasteiger charge is 2.25. The summed E-state index contributed by atoms with van der Waals surface area (Å²) in [6, 6.07) is -4.89. The lowest BCUT2D eigenvalue weighted by atomic mass is 10.1. The highest BCUT2D eigenvalue weighted by molar-refractivity contribution is 8.76. The number of nitrogens with one attached hydrogen (secondary N) is 7. The fourth-order valence-corrected chi connectivity index (χ4v) is 6.33. The first kappa shape index (κ1) is 43.4. The molecule has 1 saturated heterocycles. The van der Waals surface area contributed by atoms with Crippen LogP contribution in [0.2, 0.25) is 0 Å². The molecule has 19 nitrogen and oxygen atoms in total. The lowest BCUT2D eigenvalue weighted by Crippen LogP contribution is -2.51. The molecule has 2 unspecified atom stereocenters. The molecule has 13 N–H and O–H groups in total. The van der Waals surface area contributed by atoms with Crippen molar-refractivity contribution >= 4 is 69.0 Å². The van der Waals surface area contributed by atoms with Crippen LogP contribution in [0.3, 0.4) is 0 Å². The molecule has 0 bridgehead atoms. The minimum absolute atomic E-state index is 0.0545. The molecule has 1 aliphatic heterocycles. The second-order valence-corrected chi connectivity index (χ2v) is 13.6. The van der Waals surface area contributed by atoms with E-state index in [9.17, 15) is 38.4 Å². The topological polar surface area (TPSA) is 313 Å². The van der Waals surface area contributed by atoms with Gasteiger partial charge in [-0.05, 0) is 45.2 Å². The Labute approximate surface area is 292 Å². The monoisotopic (exact) mass is 735 g/mol. The summed E-state index contributed by atoms with van der Waals surface area (Å²) in [6.45, 7) is 1.49. The Hall–Kier alpha value is -3.66. The fourth-order valence-electron chi connectivity index (χ4n) is 4.00. The smallest absolute Gasteiger partial charge is 0.320 e. The summed E-state index contributed by atoms with van der Waals surface area (Å²) < 4.78 is 0. The van der Waals surface area contributed by atoms with E-state index >= 15 is 0 Å². The summed E-state index contributed by atoms with van der Waals surface area (Å²) in [5, 5.41) is 36.6. The number of hydrogen-bond acceptors (Lipinski definition) is 13. The maximum atomic E-state index is 13.0. The highest BCUT2D eigenvalue weighted by Crippen LogP contribution is 2.23. The summed E-state index contributed by atoms with van der Waals surface area (Å²) in [6.07, 6.45) is 2.18. The molecule has 49 heavy (non-hydrogen) atoms. The number of amides is 6. The Morgan fingerprint density at radius 1 is 0.653 bits per heavy atom. The van der Waals surface area contributed by atoms with Crippen LogP contribution < -0.4 is 48.7 Å². The summed E-state index contributed by atoms with van der Waals surface area (Å²) in [4.78, 5) is 97.6. The Morgan fingerprint density at radius 3 is 1.51 bits per heavy atom. The predicted octanol–water partition coefficient (Wildman–Crippen LogP) is -3.65. The molecule has 1 fully saturated rings. The van der Waals surface area contributed by atoms with Gasteiger partial charge < -0.3 is 58.9 Å². The van der Waals surface area contributed by atoms with Gasteiger partial charge in [0.1, 0.15) is 24.2 Å². The lowest BCUT2D eigenvalue weighted by Gasteiger charge is -2.20. The van der Waals surface area contributed by atoms with E-state index in [-0.39, 0.29) is 50.3 Å². The molecular formula is C28H49N9O10S2. The zero-order valence-electron chi connectivity index (χ0n) is 27.3. The number of carboxylic acids is 2. The van der Waals surface area contributed by atoms with Gasteiger partial charge in [0.2, 0.25) is 35.4 Å². The molecule has 0 radical (unpaired) electrons. The van der Waals surface area contributed by atoms with Crippen LogP contribution in [-0.4, -0.2) is 133 Å². The minimum Gasteiger partial charge on any atom is -0.480 e. The number of nitrogens with two attached hydrogens (primary N) is 2. The number of carbonyl (C=O) groups is 8. The number of rotatable bonds is 10. The second kappa shape index (κ2) is 25.3. The van der Waals surface area contributed by atoms with Gasteiger partial charge in [-0.1, -0.05) is 28.0 Å². The van der Waals surface area contributed by atoms with Gasteiger partial charge in [-0.25, -0.2) is 0 Å². The van der Waals surface area contributed by atoms with Crippen LogP contribution in [0.5, 0.6) is 0 Å². The van der Waals surface area contributed by atoms with Crippen LogP contribution in [0.1, 0.15) is 51.4 Å². The molecule has 0 spiro atoms. The quantitative estimate of drug-likeness (QED) is 0.0964. The average Bonchev–Trinajstić information content (AvgIpc) is 3.06. The SMILES string of the molecule is N[C@@H](CCC(=O)NC1CSSCC(NC(=O)CC[C@H](N)C(=O)O)C(=O)NCC(=O)NCCCNCCCCCNC(=O)CNC1=O)C(=O)O. The van der Waals surface area contributed by atoms with Crippen LogP contribution in [0.25, 0.3) is 0 Å². The third kappa shape index (κ3) is 21.1. The van der Waals surface area contributed by atoms with E-state index in [0.717, 1.165) is 47.4 Å². The van der Waals surface area contributed by atoms with Crippen molar-refractivity contribution in [3.05, 3.63) is 0 Å². The Kier molecular flexibility index (Phi) is 22.4. The summed E-state index contributed by atoms with van der Waals surface area (Å²) in [5.41, 5.74) is 10.9. The number of hydrogen-bond donors (Lipinski definition) is 11. The number of aliphatic carboxylic acids is 2. The first-order valence-electron chi connectivity index (χ1n) is 15.9. The van der Waals surface area contributed by atoms with Crippen molar-refractivity contribution in [3.8, 4) is 0 Å².